The lowest BCUT2D eigenvalue weighted by atomic mass is 11.4. The highest BCUT2D eigenvalue weighted by Crippen LogP contribution is 2.33. The van der Waals surface area contributed by atoms with Gasteiger partial charge in [0.25, 0.3) is 0 Å². The van der Waals surface area contributed by atoms with Crippen LogP contribution in [-0.4, -0.2) is 83.7 Å². The van der Waals surface area contributed by atoms with Gasteiger partial charge in [0.15, 0.2) is 0 Å². The summed E-state index contributed by atoms with van der Waals surface area (Å²) in [5.74, 6) is 0. The van der Waals surface area contributed by atoms with Crippen LogP contribution in [0.4, 0.5) is 0 Å². The lowest BCUT2D eigenvalue weighted by molar-refractivity contribution is 0.145. The van der Waals surface area contributed by atoms with Crippen molar-refractivity contribution in [2.24, 2.45) is 9.98 Å². The van der Waals surface area contributed by atoms with Crippen molar-refractivity contribution in [2.75, 3.05) is 56.8 Å². The van der Waals surface area contributed by atoms with Crippen molar-refractivity contribution in [1.82, 2.24) is 0 Å². The monoisotopic (exact) mass is 388 g/mol. The van der Waals surface area contributed by atoms with Crippen molar-refractivity contribution in [2.45, 2.75) is 0 Å². The van der Waals surface area contributed by atoms with Crippen molar-refractivity contribution in [1.29, 1.82) is 0 Å². The number of nitrogens with zero attached hydrogens (tertiary/aromatic N) is 2. The molecule has 8 nitrogen and oxygen atoms in total. The van der Waals surface area contributed by atoms with E-state index < -0.39 is 17.6 Å². The Morgan fingerprint density at radius 1 is 0.591 bits per heavy atom. The van der Waals surface area contributed by atoms with Crippen molar-refractivity contribution in [3.63, 3.8) is 0 Å². The molecule has 0 saturated carbocycles. The lowest BCUT2D eigenvalue weighted by Crippen LogP contribution is -2.51. The van der Waals surface area contributed by atoms with Gasteiger partial charge in [-0.3, -0.25) is 9.98 Å². The van der Waals surface area contributed by atoms with Gasteiger partial charge in [0, 0.05) is 56.8 Å². The van der Waals surface area contributed by atoms with Crippen molar-refractivity contribution >= 4 is 48.5 Å². The summed E-state index contributed by atoms with van der Waals surface area (Å²) < 4.78 is 33.8. The predicted molar refractivity (Wildman–Crippen MR) is 95.5 cm³/mol. The molecule has 130 valence electrons. The molecular formula is C10H24N2O6S2Si2. The zero-order valence-electron chi connectivity index (χ0n) is 14.2. The van der Waals surface area contributed by atoms with Crippen molar-refractivity contribution in [3.05, 3.63) is 0 Å². The van der Waals surface area contributed by atoms with E-state index in [-0.39, 0.29) is 0 Å². The molecule has 0 radical (unpaired) electrons. The fourth-order valence-electron chi connectivity index (χ4n) is 1.55. The Balaban J connectivity index is 5.24. The number of hydrogen-bond donors (Lipinski definition) is 0. The first-order chi connectivity index (χ1) is 10.5. The number of hydrogen-bond acceptors (Lipinski definition) is 10. The van der Waals surface area contributed by atoms with E-state index in [1.54, 1.807) is 14.1 Å². The summed E-state index contributed by atoms with van der Waals surface area (Å²) >= 11 is 0. The van der Waals surface area contributed by atoms with Crippen LogP contribution in [0.5, 0.6) is 0 Å². The first kappa shape index (κ1) is 22.2. The molecule has 0 aromatic heterocycles. The Kier molecular flexibility index (Phi) is 11.0. The summed E-state index contributed by atoms with van der Waals surface area (Å²) in [6.45, 7) is 0. The average Bonchev–Trinajstić information content (AvgIpc) is 2.58. The first-order valence-corrected chi connectivity index (χ1v) is 11.7. The molecule has 22 heavy (non-hydrogen) atoms. The molecule has 0 aliphatic rings. The van der Waals surface area contributed by atoms with Crippen LogP contribution >= 0.6 is 21.6 Å². The SMILES string of the molecule is CN=C(SSC(=NC)[Si](OC)(OC)OC)[Si](OC)(OC)OC. The van der Waals surface area contributed by atoms with E-state index in [0.29, 0.717) is 9.33 Å². The third-order valence-corrected chi connectivity index (χ3v) is 12.4. The van der Waals surface area contributed by atoms with Gasteiger partial charge in [-0.2, -0.15) is 0 Å². The van der Waals surface area contributed by atoms with E-state index in [0.717, 1.165) is 0 Å². The Morgan fingerprint density at radius 2 is 0.818 bits per heavy atom. The minimum atomic E-state index is -2.99. The molecule has 0 fully saturated rings. The summed E-state index contributed by atoms with van der Waals surface area (Å²) in [5, 5.41) is 0. The molecule has 0 aromatic carbocycles. The molecule has 0 aliphatic carbocycles. The summed E-state index contributed by atoms with van der Waals surface area (Å²) in [6.07, 6.45) is 0. The van der Waals surface area contributed by atoms with Gasteiger partial charge >= 0.3 is 17.6 Å². The minimum absolute atomic E-state index is 0.609. The van der Waals surface area contributed by atoms with E-state index in [2.05, 4.69) is 9.98 Å². The molecular weight excluding hydrogens is 364 g/mol. The third kappa shape index (κ3) is 4.86. The molecule has 0 N–H and O–H groups in total. The molecule has 0 aliphatic heterocycles. The largest absolute Gasteiger partial charge is 0.563 e. The normalized spacial score (nSPS) is 14.5. The number of aliphatic imine (C=N–C) groups is 2. The molecule has 0 bridgehead atoms. The summed E-state index contributed by atoms with van der Waals surface area (Å²) in [6, 6.07) is 0. The van der Waals surface area contributed by atoms with Crippen LogP contribution in [0, 0.1) is 0 Å². The molecule has 0 unspecified atom stereocenters. The maximum atomic E-state index is 5.43. The van der Waals surface area contributed by atoms with E-state index in [1.807, 2.05) is 0 Å². The fraction of sp³-hybridized carbons (Fsp3) is 0.800. The molecule has 0 rings (SSSR count). The van der Waals surface area contributed by atoms with Crippen molar-refractivity contribution in [3.8, 4) is 0 Å². The maximum Gasteiger partial charge on any atom is 0.563 e. The topological polar surface area (TPSA) is 80.1 Å². The second-order valence-corrected chi connectivity index (χ2v) is 12.0. The lowest BCUT2D eigenvalue weighted by Gasteiger charge is -2.27. The van der Waals surface area contributed by atoms with Crippen LogP contribution in [0.3, 0.4) is 0 Å². The predicted octanol–water partition coefficient (Wildman–Crippen LogP) is 1.26. The van der Waals surface area contributed by atoms with Crippen LogP contribution in [0.25, 0.3) is 0 Å². The van der Waals surface area contributed by atoms with Gasteiger partial charge in [0.2, 0.25) is 0 Å². The molecule has 0 aromatic rings. The van der Waals surface area contributed by atoms with Gasteiger partial charge in [-0.15, -0.1) is 0 Å². The van der Waals surface area contributed by atoms with Crippen LogP contribution in [0.1, 0.15) is 0 Å². The Bertz CT molecular complexity index is 339. The second-order valence-electron chi connectivity index (χ2n) is 3.56. The average molecular weight is 389 g/mol. The van der Waals surface area contributed by atoms with E-state index in [4.69, 9.17) is 26.6 Å². The Morgan fingerprint density at radius 3 is 0.955 bits per heavy atom. The highest BCUT2D eigenvalue weighted by atomic mass is 33.1. The van der Waals surface area contributed by atoms with Crippen LogP contribution in [-0.2, 0) is 26.6 Å². The first-order valence-electron chi connectivity index (χ1n) is 6.09. The van der Waals surface area contributed by atoms with Crippen LogP contribution in [0.15, 0.2) is 9.98 Å². The molecule has 0 saturated heterocycles. The van der Waals surface area contributed by atoms with Gasteiger partial charge in [0.05, 0.1) is 0 Å². The van der Waals surface area contributed by atoms with Gasteiger partial charge in [-0.05, 0) is 21.6 Å². The van der Waals surface area contributed by atoms with Crippen LogP contribution in [0.2, 0.25) is 0 Å². The Labute approximate surface area is 142 Å². The molecule has 0 amide bonds. The minimum Gasteiger partial charge on any atom is -0.372 e. The summed E-state index contributed by atoms with van der Waals surface area (Å²) in [5.41, 5.74) is 0. The van der Waals surface area contributed by atoms with E-state index in [1.165, 1.54) is 64.2 Å². The fourth-order valence-corrected chi connectivity index (χ4v) is 10.3. The summed E-state index contributed by atoms with van der Waals surface area (Å²) in [7, 11) is 9.16. The van der Waals surface area contributed by atoms with Crippen LogP contribution < -0.4 is 0 Å². The zero-order chi connectivity index (χ0) is 17.2. The highest BCUT2D eigenvalue weighted by Gasteiger charge is 2.49. The zero-order valence-corrected chi connectivity index (χ0v) is 17.8. The molecule has 12 heteroatoms. The van der Waals surface area contributed by atoms with Gasteiger partial charge in [-0.1, -0.05) is 0 Å². The number of rotatable bonds is 8. The third-order valence-electron chi connectivity index (χ3n) is 2.74. The smallest absolute Gasteiger partial charge is 0.372 e. The van der Waals surface area contributed by atoms with Gasteiger partial charge < -0.3 is 26.6 Å². The van der Waals surface area contributed by atoms with Gasteiger partial charge in [-0.25, -0.2) is 0 Å². The second kappa shape index (κ2) is 10.9. The summed E-state index contributed by atoms with van der Waals surface area (Å²) in [4.78, 5) is 8.44. The Hall–Kier alpha value is 0.234. The molecule has 0 heterocycles. The van der Waals surface area contributed by atoms with E-state index >= 15 is 0 Å². The van der Waals surface area contributed by atoms with Crippen molar-refractivity contribution < 1.29 is 26.6 Å². The van der Waals surface area contributed by atoms with Gasteiger partial charge in [0.1, 0.15) is 9.33 Å². The van der Waals surface area contributed by atoms with E-state index in [9.17, 15) is 0 Å². The standard InChI is InChI=1S/C10H24N2O6S2Si2/c1-11-9(21(13-3,14-4)15-5)19-20-10(12-2)22(16-6,17-7)18-8/h1-8H3. The highest BCUT2D eigenvalue weighted by molar-refractivity contribution is 8.88. The quantitative estimate of drug-likeness (QED) is 0.266. The maximum absolute atomic E-state index is 5.43. The molecule has 0 atom stereocenters. The molecule has 0 spiro atoms.